The normalized spacial score (nSPS) is 14.9. The largest absolute Gasteiger partial charge is 0.496 e. The molecule has 2 aromatic rings. The second-order valence-electron chi connectivity index (χ2n) is 7.09. The van der Waals surface area contributed by atoms with Crippen molar-refractivity contribution >= 4 is 27.7 Å². The molecule has 150 valence electrons. The second kappa shape index (κ2) is 8.77. The predicted octanol–water partition coefficient (Wildman–Crippen LogP) is 3.29. The number of amides is 2. The molecular formula is C20H25BrN4O3. The van der Waals surface area contributed by atoms with Crippen LogP contribution in [0.25, 0.3) is 0 Å². The molecule has 1 aliphatic heterocycles. The molecule has 0 saturated carbocycles. The molecule has 2 heterocycles. The number of nitrogens with zero attached hydrogens (tertiary/aromatic N) is 3. The van der Waals surface area contributed by atoms with Crippen molar-refractivity contribution in [2.24, 2.45) is 0 Å². The van der Waals surface area contributed by atoms with E-state index in [0.29, 0.717) is 49.6 Å². The van der Waals surface area contributed by atoms with Crippen LogP contribution in [0.4, 0.5) is 0 Å². The van der Waals surface area contributed by atoms with Gasteiger partial charge in [-0.05, 0) is 40.4 Å². The van der Waals surface area contributed by atoms with Crippen molar-refractivity contribution in [1.29, 1.82) is 0 Å². The number of carbonyl (C=O) groups is 2. The number of benzene rings is 1. The van der Waals surface area contributed by atoms with E-state index in [1.807, 2.05) is 26.0 Å². The van der Waals surface area contributed by atoms with E-state index in [9.17, 15) is 9.59 Å². The lowest BCUT2D eigenvalue weighted by atomic mass is 10.1. The Hall–Kier alpha value is -2.35. The summed E-state index contributed by atoms with van der Waals surface area (Å²) in [5.74, 6) is 0.601. The lowest BCUT2D eigenvalue weighted by Gasteiger charge is -2.22. The Labute approximate surface area is 173 Å². The van der Waals surface area contributed by atoms with E-state index in [0.717, 1.165) is 10.2 Å². The van der Waals surface area contributed by atoms with Gasteiger partial charge in [-0.1, -0.05) is 26.0 Å². The molecule has 0 spiro atoms. The van der Waals surface area contributed by atoms with E-state index in [2.05, 4.69) is 26.1 Å². The number of rotatable bonds is 4. The molecule has 1 aromatic carbocycles. The number of nitrogens with one attached hydrogen (secondary N) is 1. The second-order valence-corrected chi connectivity index (χ2v) is 7.89. The van der Waals surface area contributed by atoms with Crippen molar-refractivity contribution in [3.63, 3.8) is 0 Å². The summed E-state index contributed by atoms with van der Waals surface area (Å²) < 4.78 is 6.03. The maximum absolute atomic E-state index is 12.9. The van der Waals surface area contributed by atoms with Crippen LogP contribution < -0.4 is 4.74 Å². The summed E-state index contributed by atoms with van der Waals surface area (Å²) in [6, 6.07) is 7.21. The Kier molecular flexibility index (Phi) is 6.39. The topological polar surface area (TPSA) is 78.5 Å². The smallest absolute Gasteiger partial charge is 0.275 e. The monoisotopic (exact) mass is 448 g/mol. The third kappa shape index (κ3) is 4.06. The van der Waals surface area contributed by atoms with Gasteiger partial charge in [0.2, 0.25) is 0 Å². The molecular weight excluding hydrogens is 424 g/mol. The Morgan fingerprint density at radius 2 is 1.75 bits per heavy atom. The van der Waals surface area contributed by atoms with Crippen molar-refractivity contribution in [3.8, 4) is 5.75 Å². The van der Waals surface area contributed by atoms with Gasteiger partial charge in [-0.2, -0.15) is 5.10 Å². The third-order valence-electron chi connectivity index (χ3n) is 4.92. The SMILES string of the molecule is COc1ccccc1C(=O)N1CCCN(C(=O)c2n[nH]c(C(C)C)c2Br)CC1. The molecule has 1 N–H and O–H groups in total. The highest BCUT2D eigenvalue weighted by atomic mass is 79.9. The number of H-pyrrole nitrogens is 1. The van der Waals surface area contributed by atoms with E-state index in [1.165, 1.54) is 0 Å². The van der Waals surface area contributed by atoms with Crippen molar-refractivity contribution in [3.05, 3.63) is 45.7 Å². The van der Waals surface area contributed by atoms with Gasteiger partial charge in [0.1, 0.15) is 5.75 Å². The van der Waals surface area contributed by atoms with Crippen LogP contribution in [0.1, 0.15) is 52.7 Å². The Balaban J connectivity index is 1.71. The maximum Gasteiger partial charge on any atom is 0.275 e. The fourth-order valence-corrected chi connectivity index (χ4v) is 4.14. The fourth-order valence-electron chi connectivity index (χ4n) is 3.33. The quantitative estimate of drug-likeness (QED) is 0.777. The molecule has 0 radical (unpaired) electrons. The van der Waals surface area contributed by atoms with E-state index in [-0.39, 0.29) is 17.7 Å². The number of aromatic nitrogens is 2. The van der Waals surface area contributed by atoms with Crippen LogP contribution >= 0.6 is 15.9 Å². The van der Waals surface area contributed by atoms with Crippen LogP contribution in [-0.2, 0) is 0 Å². The van der Waals surface area contributed by atoms with E-state index in [4.69, 9.17) is 4.74 Å². The molecule has 1 aliphatic rings. The molecule has 28 heavy (non-hydrogen) atoms. The van der Waals surface area contributed by atoms with E-state index in [1.54, 1.807) is 29.0 Å². The standard InChI is InChI=1S/C20H25BrN4O3/c1-13(2)17-16(21)18(23-22-17)20(27)25-10-6-9-24(11-12-25)19(26)14-7-4-5-8-15(14)28-3/h4-5,7-8,13H,6,9-12H2,1-3H3,(H,22,23). The summed E-state index contributed by atoms with van der Waals surface area (Å²) in [4.78, 5) is 29.4. The van der Waals surface area contributed by atoms with Crippen LogP contribution in [0, 0.1) is 0 Å². The molecule has 0 aliphatic carbocycles. The molecule has 2 amide bonds. The summed E-state index contributed by atoms with van der Waals surface area (Å²) in [7, 11) is 1.56. The van der Waals surface area contributed by atoms with Gasteiger partial charge in [0, 0.05) is 26.2 Å². The van der Waals surface area contributed by atoms with Crippen molar-refractivity contribution in [2.75, 3.05) is 33.3 Å². The number of methoxy groups -OCH3 is 1. The van der Waals surface area contributed by atoms with Gasteiger partial charge in [0.15, 0.2) is 5.69 Å². The maximum atomic E-state index is 12.9. The number of aromatic amines is 1. The van der Waals surface area contributed by atoms with Crippen molar-refractivity contribution < 1.29 is 14.3 Å². The zero-order chi connectivity index (χ0) is 20.3. The Bertz CT molecular complexity index is 865. The van der Waals surface area contributed by atoms with Crippen LogP contribution in [0.3, 0.4) is 0 Å². The first-order valence-corrected chi connectivity index (χ1v) is 10.2. The average molecular weight is 449 g/mol. The Morgan fingerprint density at radius 3 is 2.36 bits per heavy atom. The molecule has 0 atom stereocenters. The van der Waals surface area contributed by atoms with Crippen molar-refractivity contribution in [2.45, 2.75) is 26.2 Å². The van der Waals surface area contributed by atoms with Gasteiger partial charge in [0.05, 0.1) is 22.8 Å². The molecule has 1 saturated heterocycles. The zero-order valence-electron chi connectivity index (χ0n) is 16.4. The summed E-state index contributed by atoms with van der Waals surface area (Å²) in [6.45, 7) is 6.21. The first-order chi connectivity index (χ1) is 13.4. The van der Waals surface area contributed by atoms with Crippen LogP contribution in [0.5, 0.6) is 5.75 Å². The van der Waals surface area contributed by atoms with E-state index >= 15 is 0 Å². The molecule has 0 bridgehead atoms. The average Bonchev–Trinajstić information content (AvgIpc) is 2.92. The highest BCUT2D eigenvalue weighted by Gasteiger charge is 2.28. The van der Waals surface area contributed by atoms with Crippen LogP contribution in [-0.4, -0.2) is 65.1 Å². The lowest BCUT2D eigenvalue weighted by Crippen LogP contribution is -2.37. The highest BCUT2D eigenvalue weighted by Crippen LogP contribution is 2.27. The van der Waals surface area contributed by atoms with E-state index < -0.39 is 0 Å². The number of hydrogen-bond donors (Lipinski definition) is 1. The first-order valence-electron chi connectivity index (χ1n) is 9.39. The molecule has 8 heteroatoms. The number of carbonyl (C=O) groups excluding carboxylic acids is 2. The van der Waals surface area contributed by atoms with Crippen LogP contribution in [0.15, 0.2) is 28.7 Å². The molecule has 1 aromatic heterocycles. The van der Waals surface area contributed by atoms with Crippen LogP contribution in [0.2, 0.25) is 0 Å². The van der Waals surface area contributed by atoms with Gasteiger partial charge >= 0.3 is 0 Å². The minimum atomic E-state index is -0.124. The number of ether oxygens (including phenoxy) is 1. The zero-order valence-corrected chi connectivity index (χ0v) is 18.0. The van der Waals surface area contributed by atoms with Gasteiger partial charge in [0.25, 0.3) is 11.8 Å². The predicted molar refractivity (Wildman–Crippen MR) is 110 cm³/mol. The molecule has 0 unspecified atom stereocenters. The van der Waals surface area contributed by atoms with Gasteiger partial charge in [-0.3, -0.25) is 14.7 Å². The van der Waals surface area contributed by atoms with Gasteiger partial charge in [-0.15, -0.1) is 0 Å². The number of para-hydroxylation sites is 1. The minimum absolute atomic E-state index is 0.0743. The molecule has 3 rings (SSSR count). The van der Waals surface area contributed by atoms with Gasteiger partial charge < -0.3 is 14.5 Å². The summed E-state index contributed by atoms with van der Waals surface area (Å²) in [6.07, 6.45) is 0.714. The fraction of sp³-hybridized carbons (Fsp3) is 0.450. The molecule has 7 nitrogen and oxygen atoms in total. The first kappa shape index (κ1) is 20.4. The highest BCUT2D eigenvalue weighted by molar-refractivity contribution is 9.10. The summed E-state index contributed by atoms with van der Waals surface area (Å²) >= 11 is 3.50. The van der Waals surface area contributed by atoms with Gasteiger partial charge in [-0.25, -0.2) is 0 Å². The summed E-state index contributed by atoms with van der Waals surface area (Å²) in [5.41, 5.74) is 1.85. The lowest BCUT2D eigenvalue weighted by molar-refractivity contribution is 0.0713. The number of hydrogen-bond acceptors (Lipinski definition) is 4. The number of halogens is 1. The van der Waals surface area contributed by atoms with Crippen molar-refractivity contribution in [1.82, 2.24) is 20.0 Å². The third-order valence-corrected chi connectivity index (χ3v) is 5.72. The summed E-state index contributed by atoms with van der Waals surface area (Å²) in [5, 5.41) is 7.15. The minimum Gasteiger partial charge on any atom is -0.496 e. The Morgan fingerprint density at radius 1 is 1.11 bits per heavy atom. The molecule has 1 fully saturated rings.